The number of hydrogen-bond donors (Lipinski definition) is 1. The fraction of sp³-hybridized carbons (Fsp3) is 0.269. The van der Waals surface area contributed by atoms with Gasteiger partial charge in [-0.05, 0) is 53.4 Å². The molecular formula is C26H28ClN3O. The topological polar surface area (TPSA) is 35.6 Å². The summed E-state index contributed by atoms with van der Waals surface area (Å²) in [5.41, 5.74) is 5.73. The summed E-state index contributed by atoms with van der Waals surface area (Å²) < 4.78 is 0. The van der Waals surface area contributed by atoms with E-state index in [1.165, 1.54) is 16.7 Å². The van der Waals surface area contributed by atoms with Crippen molar-refractivity contribution in [2.45, 2.75) is 19.0 Å². The highest BCUT2D eigenvalue weighted by atomic mass is 35.5. The van der Waals surface area contributed by atoms with E-state index in [1.807, 2.05) is 14.1 Å². The number of benzene rings is 3. The second kappa shape index (κ2) is 9.54. The van der Waals surface area contributed by atoms with Crippen molar-refractivity contribution < 1.29 is 4.79 Å². The third-order valence-electron chi connectivity index (χ3n) is 5.94. The lowest BCUT2D eigenvalue weighted by atomic mass is 9.96. The minimum Gasteiger partial charge on any atom is -0.378 e. The number of nitrogens with one attached hydrogen (secondary N) is 1. The van der Waals surface area contributed by atoms with Crippen LogP contribution in [-0.4, -0.2) is 38.0 Å². The van der Waals surface area contributed by atoms with Crippen LogP contribution in [0.2, 0.25) is 5.02 Å². The maximum atomic E-state index is 12.8. The first-order valence-electron chi connectivity index (χ1n) is 10.6. The smallest absolute Gasteiger partial charge is 0.251 e. The van der Waals surface area contributed by atoms with E-state index in [4.69, 9.17) is 11.6 Å². The summed E-state index contributed by atoms with van der Waals surface area (Å²) in [6, 6.07) is 24.4. The molecule has 0 saturated heterocycles. The average molecular weight is 434 g/mol. The molecule has 160 valence electrons. The Morgan fingerprint density at radius 1 is 1.03 bits per heavy atom. The van der Waals surface area contributed by atoms with Gasteiger partial charge in [0.2, 0.25) is 0 Å². The summed E-state index contributed by atoms with van der Waals surface area (Å²) in [5.74, 6) is -0.102. The van der Waals surface area contributed by atoms with Crippen molar-refractivity contribution in [2.24, 2.45) is 0 Å². The second-order valence-corrected chi connectivity index (χ2v) is 8.65. The lowest BCUT2D eigenvalue weighted by molar-refractivity contribution is 0.0927. The molecule has 4 rings (SSSR count). The Balaban J connectivity index is 1.56. The van der Waals surface area contributed by atoms with E-state index in [9.17, 15) is 4.79 Å². The third-order valence-corrected chi connectivity index (χ3v) is 6.17. The van der Waals surface area contributed by atoms with Crippen LogP contribution in [0.1, 0.15) is 33.1 Å². The molecule has 0 unspecified atom stereocenters. The van der Waals surface area contributed by atoms with Crippen molar-refractivity contribution in [3.8, 4) is 0 Å². The molecule has 0 saturated carbocycles. The van der Waals surface area contributed by atoms with E-state index in [1.54, 1.807) is 24.3 Å². The third kappa shape index (κ3) is 5.09. The first kappa shape index (κ1) is 21.4. The first-order valence-corrected chi connectivity index (χ1v) is 11.0. The van der Waals surface area contributed by atoms with Gasteiger partial charge in [0.15, 0.2) is 0 Å². The van der Waals surface area contributed by atoms with E-state index >= 15 is 0 Å². The van der Waals surface area contributed by atoms with Crippen molar-refractivity contribution in [1.82, 2.24) is 10.2 Å². The van der Waals surface area contributed by atoms with E-state index in [2.05, 4.69) is 63.6 Å². The van der Waals surface area contributed by atoms with Crippen LogP contribution in [0.25, 0.3) is 0 Å². The number of rotatable bonds is 6. The Labute approximate surface area is 189 Å². The number of hydrogen-bond acceptors (Lipinski definition) is 3. The maximum absolute atomic E-state index is 12.8. The van der Waals surface area contributed by atoms with Gasteiger partial charge in [-0.3, -0.25) is 9.69 Å². The molecule has 1 atom stereocenters. The zero-order chi connectivity index (χ0) is 21.8. The number of anilines is 1. The number of amides is 1. The highest BCUT2D eigenvalue weighted by Crippen LogP contribution is 2.29. The molecule has 0 bridgehead atoms. The standard InChI is InChI=1S/C26H28ClN3O/c1-29(2)24-12-10-20(11-13-24)25(17-28-26(31)21-8-5-9-23(27)16-21)30-15-14-19-6-3-4-7-22(19)18-30/h3-13,16,25H,14-15,17-18H2,1-2H3,(H,28,31)/t25-/m0/s1. The fourth-order valence-corrected chi connectivity index (χ4v) is 4.35. The van der Waals surface area contributed by atoms with Gasteiger partial charge in [0.1, 0.15) is 0 Å². The van der Waals surface area contributed by atoms with Gasteiger partial charge in [-0.1, -0.05) is 54.1 Å². The molecule has 0 spiro atoms. The van der Waals surface area contributed by atoms with Crippen molar-refractivity contribution in [1.29, 1.82) is 0 Å². The van der Waals surface area contributed by atoms with Gasteiger partial charge in [0, 0.05) is 50.0 Å². The molecule has 0 aromatic heterocycles. The molecule has 0 radical (unpaired) electrons. The minimum absolute atomic E-state index is 0.0905. The lowest BCUT2D eigenvalue weighted by Gasteiger charge is -2.36. The Kier molecular flexibility index (Phi) is 6.59. The summed E-state index contributed by atoms with van der Waals surface area (Å²) in [6.07, 6.45) is 1.02. The first-order chi connectivity index (χ1) is 15.0. The van der Waals surface area contributed by atoms with Gasteiger partial charge in [-0.2, -0.15) is 0 Å². The van der Waals surface area contributed by atoms with Crippen LogP contribution in [0.3, 0.4) is 0 Å². The van der Waals surface area contributed by atoms with Gasteiger partial charge >= 0.3 is 0 Å². The molecule has 4 nitrogen and oxygen atoms in total. The zero-order valence-corrected chi connectivity index (χ0v) is 18.8. The van der Waals surface area contributed by atoms with Gasteiger partial charge in [0.05, 0.1) is 6.04 Å². The fourth-order valence-electron chi connectivity index (χ4n) is 4.16. The number of carbonyl (C=O) groups is 1. The molecule has 1 amide bonds. The molecule has 1 heterocycles. The van der Waals surface area contributed by atoms with E-state index in [0.29, 0.717) is 17.1 Å². The van der Waals surface area contributed by atoms with E-state index in [0.717, 1.165) is 25.2 Å². The van der Waals surface area contributed by atoms with Gasteiger partial charge < -0.3 is 10.2 Å². The number of fused-ring (bicyclic) bond motifs is 1. The molecule has 5 heteroatoms. The molecular weight excluding hydrogens is 406 g/mol. The normalized spacial score (nSPS) is 14.5. The minimum atomic E-state index is -0.102. The van der Waals surface area contributed by atoms with Gasteiger partial charge in [-0.15, -0.1) is 0 Å². The molecule has 1 N–H and O–H groups in total. The summed E-state index contributed by atoms with van der Waals surface area (Å²) in [7, 11) is 4.08. The van der Waals surface area contributed by atoms with Crippen LogP contribution in [0.4, 0.5) is 5.69 Å². The van der Waals surface area contributed by atoms with Gasteiger partial charge in [0.25, 0.3) is 5.91 Å². The largest absolute Gasteiger partial charge is 0.378 e. The quantitative estimate of drug-likeness (QED) is 0.598. The number of nitrogens with zero attached hydrogens (tertiary/aromatic N) is 2. The van der Waals surface area contributed by atoms with Crippen molar-refractivity contribution in [3.63, 3.8) is 0 Å². The van der Waals surface area contributed by atoms with Crippen LogP contribution in [0.5, 0.6) is 0 Å². The monoisotopic (exact) mass is 433 g/mol. The number of carbonyl (C=O) groups excluding carboxylic acids is 1. The zero-order valence-electron chi connectivity index (χ0n) is 18.0. The van der Waals surface area contributed by atoms with Crippen LogP contribution in [-0.2, 0) is 13.0 Å². The van der Waals surface area contributed by atoms with Crippen LogP contribution >= 0.6 is 11.6 Å². The molecule has 3 aromatic carbocycles. The highest BCUT2D eigenvalue weighted by Gasteiger charge is 2.25. The second-order valence-electron chi connectivity index (χ2n) is 8.21. The molecule has 31 heavy (non-hydrogen) atoms. The summed E-state index contributed by atoms with van der Waals surface area (Å²) in [6.45, 7) is 2.38. The Hall–Kier alpha value is -2.82. The summed E-state index contributed by atoms with van der Waals surface area (Å²) >= 11 is 6.07. The Morgan fingerprint density at radius 3 is 2.48 bits per heavy atom. The predicted molar refractivity (Wildman–Crippen MR) is 128 cm³/mol. The van der Waals surface area contributed by atoms with E-state index in [-0.39, 0.29) is 11.9 Å². The van der Waals surface area contributed by atoms with Crippen molar-refractivity contribution in [2.75, 3.05) is 32.1 Å². The lowest BCUT2D eigenvalue weighted by Crippen LogP contribution is -2.40. The predicted octanol–water partition coefficient (Wildman–Crippen LogP) is 4.94. The molecule has 1 aliphatic heterocycles. The summed E-state index contributed by atoms with van der Waals surface area (Å²) in [5, 5.41) is 3.70. The van der Waals surface area contributed by atoms with Crippen molar-refractivity contribution >= 4 is 23.2 Å². The van der Waals surface area contributed by atoms with Crippen LogP contribution in [0.15, 0.2) is 72.8 Å². The maximum Gasteiger partial charge on any atom is 0.251 e. The summed E-state index contributed by atoms with van der Waals surface area (Å²) in [4.78, 5) is 17.3. The SMILES string of the molecule is CN(C)c1ccc([C@H](CNC(=O)c2cccc(Cl)c2)N2CCc3ccccc3C2)cc1. The van der Waals surface area contributed by atoms with Crippen molar-refractivity contribution in [3.05, 3.63) is 100 Å². The average Bonchev–Trinajstić information content (AvgIpc) is 2.79. The highest BCUT2D eigenvalue weighted by molar-refractivity contribution is 6.30. The molecule has 0 fully saturated rings. The Morgan fingerprint density at radius 2 is 1.77 bits per heavy atom. The number of halogens is 1. The van der Waals surface area contributed by atoms with Gasteiger partial charge in [-0.25, -0.2) is 0 Å². The van der Waals surface area contributed by atoms with Crippen LogP contribution in [0, 0.1) is 0 Å². The molecule has 3 aromatic rings. The molecule has 1 aliphatic rings. The van der Waals surface area contributed by atoms with E-state index < -0.39 is 0 Å². The Bertz CT molecular complexity index is 1050. The van der Waals surface area contributed by atoms with Crippen LogP contribution < -0.4 is 10.2 Å². The molecule has 0 aliphatic carbocycles.